The van der Waals surface area contributed by atoms with Crippen LogP contribution in [0.15, 0.2) is 23.1 Å². The maximum Gasteiger partial charge on any atom is 0.163 e. The van der Waals surface area contributed by atoms with Gasteiger partial charge < -0.3 is 0 Å². The molecule has 1 rings (SSSR count). The van der Waals surface area contributed by atoms with Crippen LogP contribution in [-0.4, -0.2) is 17.4 Å². The smallest absolute Gasteiger partial charge is 0.163 e. The number of Topliss-reactive ketones (excluding diaryl/α,β-unsaturated/α-hetero) is 1. The lowest BCUT2D eigenvalue weighted by atomic mass is 10.1. The van der Waals surface area contributed by atoms with Gasteiger partial charge in [-0.15, -0.1) is 11.8 Å². The SMILES string of the molecule is CSc1ccc(C(=O)CCBr)cc1CBr. The number of carbonyl (C=O) groups excluding carboxylic acids is 1. The Bertz CT molecular complexity index is 352. The van der Waals surface area contributed by atoms with Crippen molar-refractivity contribution in [1.29, 1.82) is 0 Å². The Kier molecular flexibility index (Phi) is 5.94. The fraction of sp³-hybridized carbons (Fsp3) is 0.364. The molecule has 0 aromatic heterocycles. The summed E-state index contributed by atoms with van der Waals surface area (Å²) in [5.41, 5.74) is 1.99. The molecule has 1 aromatic rings. The van der Waals surface area contributed by atoms with Gasteiger partial charge in [-0.3, -0.25) is 4.79 Å². The molecule has 0 bridgehead atoms. The molecule has 0 heterocycles. The molecular formula is C11H12Br2OS. The van der Waals surface area contributed by atoms with Gasteiger partial charge in [0.1, 0.15) is 0 Å². The molecule has 0 N–H and O–H groups in total. The van der Waals surface area contributed by atoms with Crippen LogP contribution >= 0.6 is 43.6 Å². The first kappa shape index (κ1) is 13.3. The number of benzene rings is 1. The number of hydrogen-bond donors (Lipinski definition) is 0. The third-order valence-electron chi connectivity index (χ3n) is 2.07. The Morgan fingerprint density at radius 3 is 2.67 bits per heavy atom. The van der Waals surface area contributed by atoms with Crippen molar-refractivity contribution in [1.82, 2.24) is 0 Å². The molecule has 0 radical (unpaired) electrons. The minimum atomic E-state index is 0.196. The third-order valence-corrected chi connectivity index (χ3v) is 3.91. The number of thioether (sulfide) groups is 1. The molecule has 0 unspecified atom stereocenters. The van der Waals surface area contributed by atoms with E-state index in [1.54, 1.807) is 11.8 Å². The zero-order valence-electron chi connectivity index (χ0n) is 8.43. The molecule has 0 aliphatic rings. The summed E-state index contributed by atoms with van der Waals surface area (Å²) in [6.07, 6.45) is 2.60. The van der Waals surface area contributed by atoms with Crippen LogP contribution < -0.4 is 0 Å². The van der Waals surface area contributed by atoms with E-state index >= 15 is 0 Å². The predicted molar refractivity (Wildman–Crippen MR) is 73.6 cm³/mol. The van der Waals surface area contributed by atoms with Gasteiger partial charge >= 0.3 is 0 Å². The van der Waals surface area contributed by atoms with Gasteiger partial charge in [-0.2, -0.15) is 0 Å². The molecule has 15 heavy (non-hydrogen) atoms. The number of carbonyl (C=O) groups is 1. The van der Waals surface area contributed by atoms with Crippen molar-refractivity contribution < 1.29 is 4.79 Å². The summed E-state index contributed by atoms with van der Waals surface area (Å²) < 4.78 is 0. The quantitative estimate of drug-likeness (QED) is 0.447. The Labute approximate surface area is 111 Å². The minimum absolute atomic E-state index is 0.196. The fourth-order valence-electron chi connectivity index (χ4n) is 1.29. The molecule has 0 aliphatic heterocycles. The second kappa shape index (κ2) is 6.71. The van der Waals surface area contributed by atoms with Gasteiger partial charge in [0.2, 0.25) is 0 Å². The maximum atomic E-state index is 11.7. The van der Waals surface area contributed by atoms with E-state index in [0.717, 1.165) is 16.2 Å². The summed E-state index contributed by atoms with van der Waals surface area (Å²) in [7, 11) is 0. The van der Waals surface area contributed by atoms with E-state index in [2.05, 4.69) is 31.9 Å². The Hall–Kier alpha value is 0.200. The monoisotopic (exact) mass is 350 g/mol. The first-order valence-corrected chi connectivity index (χ1v) is 8.01. The van der Waals surface area contributed by atoms with E-state index in [9.17, 15) is 4.79 Å². The summed E-state index contributed by atoms with van der Waals surface area (Å²) >= 11 is 8.42. The molecule has 4 heteroatoms. The van der Waals surface area contributed by atoms with Crippen LogP contribution in [0.2, 0.25) is 0 Å². The Morgan fingerprint density at radius 1 is 1.40 bits per heavy atom. The number of ketones is 1. The molecule has 0 atom stereocenters. The third kappa shape index (κ3) is 3.61. The average Bonchev–Trinajstić information content (AvgIpc) is 2.28. The van der Waals surface area contributed by atoms with Gasteiger partial charge in [-0.1, -0.05) is 37.9 Å². The fourth-order valence-corrected chi connectivity index (χ4v) is 2.89. The lowest BCUT2D eigenvalue weighted by Crippen LogP contribution is -2.00. The molecule has 0 aliphatic carbocycles. The van der Waals surface area contributed by atoms with Gasteiger partial charge in [0.05, 0.1) is 0 Å². The first-order chi connectivity index (χ1) is 7.22. The van der Waals surface area contributed by atoms with Crippen molar-refractivity contribution in [3.8, 4) is 0 Å². The van der Waals surface area contributed by atoms with Crippen LogP contribution in [0.5, 0.6) is 0 Å². The predicted octanol–water partition coefficient (Wildman–Crippen LogP) is 4.27. The molecule has 1 nitrogen and oxygen atoms in total. The Balaban J connectivity index is 2.97. The van der Waals surface area contributed by atoms with E-state index in [4.69, 9.17) is 0 Å². The molecule has 0 saturated heterocycles. The van der Waals surface area contributed by atoms with E-state index < -0.39 is 0 Å². The zero-order chi connectivity index (χ0) is 11.3. The highest BCUT2D eigenvalue weighted by Gasteiger charge is 2.08. The van der Waals surface area contributed by atoms with Crippen molar-refractivity contribution in [3.05, 3.63) is 29.3 Å². The first-order valence-electron chi connectivity index (χ1n) is 4.55. The van der Waals surface area contributed by atoms with E-state index in [1.165, 1.54) is 10.5 Å². The molecule has 0 fully saturated rings. The summed E-state index contributed by atoms with van der Waals surface area (Å²) in [6.45, 7) is 0. The zero-order valence-corrected chi connectivity index (χ0v) is 12.4. The lowest BCUT2D eigenvalue weighted by Gasteiger charge is -2.06. The number of hydrogen-bond acceptors (Lipinski definition) is 2. The second-order valence-corrected chi connectivity index (χ2v) is 5.22. The van der Waals surface area contributed by atoms with E-state index in [0.29, 0.717) is 6.42 Å². The summed E-state index contributed by atoms with van der Waals surface area (Å²) in [5, 5.41) is 1.51. The van der Waals surface area contributed by atoms with Crippen molar-refractivity contribution in [3.63, 3.8) is 0 Å². The summed E-state index contributed by atoms with van der Waals surface area (Å²) in [6, 6.07) is 5.90. The van der Waals surface area contributed by atoms with Crippen molar-refractivity contribution in [2.24, 2.45) is 0 Å². The average molecular weight is 352 g/mol. The molecular weight excluding hydrogens is 340 g/mol. The Morgan fingerprint density at radius 2 is 2.13 bits per heavy atom. The highest BCUT2D eigenvalue weighted by molar-refractivity contribution is 9.09. The summed E-state index contributed by atoms with van der Waals surface area (Å²) in [4.78, 5) is 12.9. The highest BCUT2D eigenvalue weighted by Crippen LogP contribution is 2.24. The largest absolute Gasteiger partial charge is 0.294 e. The van der Waals surface area contributed by atoms with Gasteiger partial charge in [0.15, 0.2) is 5.78 Å². The highest BCUT2D eigenvalue weighted by atomic mass is 79.9. The van der Waals surface area contributed by atoms with Gasteiger partial charge in [0, 0.05) is 27.5 Å². The molecule has 82 valence electrons. The second-order valence-electron chi connectivity index (χ2n) is 3.02. The number of halogens is 2. The van der Waals surface area contributed by atoms with Crippen LogP contribution in [-0.2, 0) is 5.33 Å². The normalized spacial score (nSPS) is 10.3. The maximum absolute atomic E-state index is 11.7. The van der Waals surface area contributed by atoms with Crippen molar-refractivity contribution in [2.75, 3.05) is 11.6 Å². The number of rotatable bonds is 5. The lowest BCUT2D eigenvalue weighted by molar-refractivity contribution is 0.0989. The van der Waals surface area contributed by atoms with Crippen molar-refractivity contribution in [2.45, 2.75) is 16.6 Å². The summed E-state index contributed by atoms with van der Waals surface area (Å²) in [5.74, 6) is 0.196. The van der Waals surface area contributed by atoms with Crippen LogP contribution in [0.1, 0.15) is 22.3 Å². The topological polar surface area (TPSA) is 17.1 Å². The van der Waals surface area contributed by atoms with Crippen LogP contribution in [0.4, 0.5) is 0 Å². The molecule has 0 amide bonds. The van der Waals surface area contributed by atoms with Crippen molar-refractivity contribution >= 4 is 49.4 Å². The van der Waals surface area contributed by atoms with Crippen LogP contribution in [0.25, 0.3) is 0 Å². The van der Waals surface area contributed by atoms with Crippen LogP contribution in [0, 0.1) is 0 Å². The van der Waals surface area contributed by atoms with E-state index in [-0.39, 0.29) is 5.78 Å². The number of alkyl halides is 2. The van der Waals surface area contributed by atoms with Gasteiger partial charge in [0.25, 0.3) is 0 Å². The van der Waals surface area contributed by atoms with Gasteiger partial charge in [-0.25, -0.2) is 0 Å². The standard InChI is InChI=1S/C11H12Br2OS/c1-15-11-3-2-8(6-9(11)7-13)10(14)4-5-12/h2-3,6H,4-5,7H2,1H3. The van der Waals surface area contributed by atoms with Crippen LogP contribution in [0.3, 0.4) is 0 Å². The molecule has 0 saturated carbocycles. The van der Waals surface area contributed by atoms with Gasteiger partial charge in [-0.05, 0) is 24.0 Å². The molecule has 1 aromatic carbocycles. The minimum Gasteiger partial charge on any atom is -0.294 e. The molecule has 0 spiro atoms. The van der Waals surface area contributed by atoms with E-state index in [1.807, 2.05) is 24.5 Å².